The summed E-state index contributed by atoms with van der Waals surface area (Å²) in [6.45, 7) is 5.46. The van der Waals surface area contributed by atoms with Crippen molar-refractivity contribution in [1.29, 1.82) is 0 Å². The SMILES string of the molecule is CC(CN1CCOCC1)NS(=O)(=O)c1ncn(C)c1Cl. The first-order chi connectivity index (χ1) is 9.40. The van der Waals surface area contributed by atoms with Crippen LogP contribution in [0.25, 0.3) is 0 Å². The third-order valence-corrected chi connectivity index (χ3v) is 5.16. The Balaban J connectivity index is 1.99. The Morgan fingerprint density at radius 2 is 2.15 bits per heavy atom. The lowest BCUT2D eigenvalue weighted by molar-refractivity contribution is 0.0354. The van der Waals surface area contributed by atoms with Gasteiger partial charge in [-0.2, -0.15) is 0 Å². The number of hydrogen-bond donors (Lipinski definition) is 1. The third-order valence-electron chi connectivity index (χ3n) is 3.08. The molecule has 7 nitrogen and oxygen atoms in total. The molecule has 2 rings (SSSR count). The van der Waals surface area contributed by atoms with Gasteiger partial charge in [0.05, 0.1) is 19.5 Å². The van der Waals surface area contributed by atoms with Crippen molar-refractivity contribution < 1.29 is 13.2 Å². The maximum atomic E-state index is 12.2. The minimum Gasteiger partial charge on any atom is -0.379 e. The summed E-state index contributed by atoms with van der Waals surface area (Å²) >= 11 is 5.92. The minimum absolute atomic E-state index is 0.107. The van der Waals surface area contributed by atoms with Crippen LogP contribution in [0.1, 0.15) is 6.92 Å². The molecule has 0 aliphatic carbocycles. The van der Waals surface area contributed by atoms with Crippen LogP contribution in [-0.2, 0) is 21.8 Å². The summed E-state index contributed by atoms with van der Waals surface area (Å²) in [5.74, 6) is 0. The quantitative estimate of drug-likeness (QED) is 0.830. The number of rotatable bonds is 5. The Kier molecular flexibility index (Phi) is 5.03. The fraction of sp³-hybridized carbons (Fsp3) is 0.727. The highest BCUT2D eigenvalue weighted by Gasteiger charge is 2.25. The zero-order valence-electron chi connectivity index (χ0n) is 11.5. The van der Waals surface area contributed by atoms with Gasteiger partial charge in [0.25, 0.3) is 10.0 Å². The van der Waals surface area contributed by atoms with E-state index in [1.54, 1.807) is 7.05 Å². The van der Waals surface area contributed by atoms with E-state index in [0.717, 1.165) is 13.1 Å². The molecule has 1 aromatic rings. The van der Waals surface area contributed by atoms with Crippen molar-refractivity contribution >= 4 is 21.6 Å². The molecule has 1 atom stereocenters. The molecule has 1 aliphatic rings. The molecule has 1 N–H and O–H groups in total. The maximum Gasteiger partial charge on any atom is 0.261 e. The third kappa shape index (κ3) is 3.70. The van der Waals surface area contributed by atoms with Crippen molar-refractivity contribution in [2.45, 2.75) is 18.0 Å². The second kappa shape index (κ2) is 6.40. The molecule has 114 valence electrons. The summed E-state index contributed by atoms with van der Waals surface area (Å²) in [4.78, 5) is 6.00. The number of hydrogen-bond acceptors (Lipinski definition) is 5. The van der Waals surface area contributed by atoms with Crippen LogP contribution in [0.5, 0.6) is 0 Å². The lowest BCUT2D eigenvalue weighted by Gasteiger charge is -2.29. The molecule has 1 saturated heterocycles. The largest absolute Gasteiger partial charge is 0.379 e. The molecule has 0 aromatic carbocycles. The first kappa shape index (κ1) is 15.7. The zero-order chi connectivity index (χ0) is 14.8. The number of nitrogens with zero attached hydrogens (tertiary/aromatic N) is 3. The van der Waals surface area contributed by atoms with Crippen molar-refractivity contribution in [2.75, 3.05) is 32.8 Å². The topological polar surface area (TPSA) is 76.5 Å². The van der Waals surface area contributed by atoms with Crippen LogP contribution in [0.4, 0.5) is 0 Å². The van der Waals surface area contributed by atoms with Crippen molar-refractivity contribution in [3.63, 3.8) is 0 Å². The van der Waals surface area contributed by atoms with E-state index in [2.05, 4.69) is 14.6 Å². The molecule has 0 radical (unpaired) electrons. The first-order valence-corrected chi connectivity index (χ1v) is 8.25. The van der Waals surface area contributed by atoms with Gasteiger partial charge in [0, 0.05) is 32.7 Å². The molecular weight excluding hydrogens is 304 g/mol. The van der Waals surface area contributed by atoms with Crippen molar-refractivity contribution in [3.05, 3.63) is 11.5 Å². The van der Waals surface area contributed by atoms with Gasteiger partial charge in [-0.15, -0.1) is 0 Å². The predicted molar refractivity (Wildman–Crippen MR) is 75.3 cm³/mol. The molecule has 1 aliphatic heterocycles. The molecule has 0 saturated carbocycles. The summed E-state index contributed by atoms with van der Waals surface area (Å²) in [6, 6.07) is -0.226. The Morgan fingerprint density at radius 3 is 2.70 bits per heavy atom. The number of morpholine rings is 1. The second-order valence-electron chi connectivity index (χ2n) is 4.89. The summed E-state index contributed by atoms with van der Waals surface area (Å²) in [6.07, 6.45) is 1.38. The molecule has 20 heavy (non-hydrogen) atoms. The highest BCUT2D eigenvalue weighted by molar-refractivity contribution is 7.89. The molecule has 1 fully saturated rings. The van der Waals surface area contributed by atoms with E-state index in [4.69, 9.17) is 16.3 Å². The number of ether oxygens (including phenoxy) is 1. The number of aryl methyl sites for hydroxylation is 1. The molecular formula is C11H19ClN4O3S. The number of sulfonamides is 1. The molecule has 0 spiro atoms. The van der Waals surface area contributed by atoms with Gasteiger partial charge in [0.15, 0.2) is 0 Å². The zero-order valence-corrected chi connectivity index (χ0v) is 13.1. The van der Waals surface area contributed by atoms with Crippen molar-refractivity contribution in [3.8, 4) is 0 Å². The molecule has 1 aromatic heterocycles. The molecule has 1 unspecified atom stereocenters. The summed E-state index contributed by atoms with van der Waals surface area (Å²) in [5, 5.41) is -0.0217. The van der Waals surface area contributed by atoms with E-state index in [1.165, 1.54) is 10.9 Å². The van der Waals surface area contributed by atoms with Gasteiger partial charge in [0.2, 0.25) is 5.03 Å². The van der Waals surface area contributed by atoms with Crippen LogP contribution >= 0.6 is 11.6 Å². The highest BCUT2D eigenvalue weighted by Crippen LogP contribution is 2.18. The number of aromatic nitrogens is 2. The number of halogens is 1. The van der Waals surface area contributed by atoms with Crippen LogP contribution in [-0.4, -0.2) is 61.8 Å². The van der Waals surface area contributed by atoms with E-state index in [1.807, 2.05) is 6.92 Å². The van der Waals surface area contributed by atoms with Gasteiger partial charge in [-0.25, -0.2) is 18.1 Å². The average molecular weight is 323 g/mol. The van der Waals surface area contributed by atoms with E-state index in [9.17, 15) is 8.42 Å². The summed E-state index contributed by atoms with van der Waals surface area (Å²) < 4.78 is 33.7. The lowest BCUT2D eigenvalue weighted by Crippen LogP contribution is -2.46. The van der Waals surface area contributed by atoms with Crippen molar-refractivity contribution in [2.24, 2.45) is 7.05 Å². The average Bonchev–Trinajstić information content (AvgIpc) is 2.71. The van der Waals surface area contributed by atoms with Gasteiger partial charge in [-0.3, -0.25) is 4.90 Å². The van der Waals surface area contributed by atoms with E-state index in [0.29, 0.717) is 19.8 Å². The highest BCUT2D eigenvalue weighted by atomic mass is 35.5. The van der Waals surface area contributed by atoms with Gasteiger partial charge in [-0.1, -0.05) is 11.6 Å². The standard InChI is InChI=1S/C11H19ClN4O3S/c1-9(7-16-3-5-19-6-4-16)14-20(17,18)11-10(12)15(2)8-13-11/h8-9,14H,3-7H2,1-2H3. The second-order valence-corrected chi connectivity index (χ2v) is 6.87. The van der Waals surface area contributed by atoms with E-state index < -0.39 is 10.0 Å². The predicted octanol–water partition coefficient (Wildman–Crippen LogP) is 0.0725. The molecule has 2 heterocycles. The monoisotopic (exact) mass is 322 g/mol. The number of imidazole rings is 1. The van der Waals surface area contributed by atoms with Gasteiger partial charge < -0.3 is 9.30 Å². The normalized spacial score (nSPS) is 19.1. The van der Waals surface area contributed by atoms with Crippen LogP contribution < -0.4 is 4.72 Å². The molecule has 9 heteroatoms. The Hall–Kier alpha value is -0.670. The van der Waals surface area contributed by atoms with Gasteiger partial charge in [-0.05, 0) is 6.92 Å². The van der Waals surface area contributed by atoms with E-state index >= 15 is 0 Å². The maximum absolute atomic E-state index is 12.2. The van der Waals surface area contributed by atoms with Crippen molar-refractivity contribution in [1.82, 2.24) is 19.2 Å². The van der Waals surface area contributed by atoms with Gasteiger partial charge in [0.1, 0.15) is 5.15 Å². The molecule has 0 amide bonds. The summed E-state index contributed by atoms with van der Waals surface area (Å²) in [5.41, 5.74) is 0. The van der Waals surface area contributed by atoms with Crippen LogP contribution in [0.2, 0.25) is 5.15 Å². The summed E-state index contributed by atoms with van der Waals surface area (Å²) in [7, 11) is -2.05. The van der Waals surface area contributed by atoms with Crippen LogP contribution in [0, 0.1) is 0 Å². The fourth-order valence-electron chi connectivity index (χ4n) is 2.10. The van der Waals surface area contributed by atoms with Crippen LogP contribution in [0.3, 0.4) is 0 Å². The Labute approximate surface area is 123 Å². The Bertz CT molecular complexity index is 554. The van der Waals surface area contributed by atoms with E-state index in [-0.39, 0.29) is 16.2 Å². The fourth-order valence-corrected chi connectivity index (χ4v) is 3.77. The smallest absolute Gasteiger partial charge is 0.261 e. The first-order valence-electron chi connectivity index (χ1n) is 6.39. The Morgan fingerprint density at radius 1 is 1.50 bits per heavy atom. The van der Waals surface area contributed by atoms with Crippen LogP contribution in [0.15, 0.2) is 11.4 Å². The number of nitrogens with one attached hydrogen (secondary N) is 1. The minimum atomic E-state index is -3.69. The molecule has 0 bridgehead atoms. The lowest BCUT2D eigenvalue weighted by atomic mass is 10.3. The van der Waals surface area contributed by atoms with Gasteiger partial charge >= 0.3 is 0 Å².